The maximum atomic E-state index is 12.5. The number of guanidine groups is 1. The lowest BCUT2D eigenvalue weighted by Gasteiger charge is -2.23. The van der Waals surface area contributed by atoms with Gasteiger partial charge in [-0.2, -0.15) is 0 Å². The number of fused-ring (bicyclic) bond motifs is 1. The van der Waals surface area contributed by atoms with Gasteiger partial charge in [0.25, 0.3) is 0 Å². The Kier molecular flexibility index (Phi) is 6.93. The Balaban J connectivity index is 1.41. The molecule has 0 saturated carbocycles. The molecule has 0 unspecified atom stereocenters. The Morgan fingerprint density at radius 1 is 1.14 bits per heavy atom. The molecule has 0 saturated heterocycles. The topological polar surface area (TPSA) is 47.9 Å². The molecule has 6 heteroatoms. The van der Waals surface area contributed by atoms with Crippen LogP contribution >= 0.6 is 11.6 Å². The van der Waals surface area contributed by atoms with Crippen LogP contribution in [0.4, 0.5) is 0 Å². The fourth-order valence-corrected chi connectivity index (χ4v) is 3.64. The van der Waals surface area contributed by atoms with Crippen LogP contribution in [-0.2, 0) is 24.4 Å². The standard InChI is InChI=1S/C22H27ClN4O/c1-24-22(26(2)14-19-10-5-6-11-20(19)23)25-13-7-12-21(28)27-15-17-8-3-4-9-18(17)16-27/h3-6,8-11H,7,12-16H2,1-2H3,(H,24,25). The molecule has 0 radical (unpaired) electrons. The van der Waals surface area contributed by atoms with E-state index in [1.54, 1.807) is 7.05 Å². The van der Waals surface area contributed by atoms with Gasteiger partial charge in [-0.05, 0) is 29.2 Å². The van der Waals surface area contributed by atoms with Crippen LogP contribution in [0.15, 0.2) is 53.5 Å². The molecule has 148 valence electrons. The number of hydrogen-bond acceptors (Lipinski definition) is 2. The van der Waals surface area contributed by atoms with E-state index in [1.807, 2.05) is 53.2 Å². The molecule has 1 amide bonds. The SMILES string of the molecule is CN=C(NCCCC(=O)N1Cc2ccccc2C1)N(C)Cc1ccccc1Cl. The predicted octanol–water partition coefficient (Wildman–Crippen LogP) is 3.67. The third-order valence-electron chi connectivity index (χ3n) is 4.98. The number of rotatable bonds is 6. The Morgan fingerprint density at radius 2 is 1.79 bits per heavy atom. The molecule has 1 aliphatic rings. The van der Waals surface area contributed by atoms with Gasteiger partial charge in [0, 0.05) is 51.7 Å². The first kappa shape index (κ1) is 20.2. The minimum atomic E-state index is 0.206. The lowest BCUT2D eigenvalue weighted by atomic mass is 10.1. The average Bonchev–Trinajstić information content (AvgIpc) is 3.14. The van der Waals surface area contributed by atoms with Gasteiger partial charge in [-0.25, -0.2) is 0 Å². The van der Waals surface area contributed by atoms with Crippen molar-refractivity contribution in [1.29, 1.82) is 0 Å². The van der Waals surface area contributed by atoms with Crippen LogP contribution in [0.5, 0.6) is 0 Å². The smallest absolute Gasteiger partial charge is 0.223 e. The molecule has 0 atom stereocenters. The summed E-state index contributed by atoms with van der Waals surface area (Å²) in [7, 11) is 3.74. The molecule has 3 rings (SSSR count). The first-order chi connectivity index (χ1) is 13.6. The van der Waals surface area contributed by atoms with Crippen molar-refractivity contribution in [3.63, 3.8) is 0 Å². The highest BCUT2D eigenvalue weighted by Gasteiger charge is 2.22. The fourth-order valence-electron chi connectivity index (χ4n) is 3.45. The van der Waals surface area contributed by atoms with E-state index in [4.69, 9.17) is 11.6 Å². The zero-order valence-corrected chi connectivity index (χ0v) is 17.2. The van der Waals surface area contributed by atoms with Crippen molar-refractivity contribution in [1.82, 2.24) is 15.1 Å². The highest BCUT2D eigenvalue weighted by molar-refractivity contribution is 6.31. The first-order valence-electron chi connectivity index (χ1n) is 9.58. The molecule has 1 aliphatic heterocycles. The molecule has 2 aromatic rings. The quantitative estimate of drug-likeness (QED) is 0.459. The van der Waals surface area contributed by atoms with Gasteiger partial charge in [-0.3, -0.25) is 9.79 Å². The van der Waals surface area contributed by atoms with Crippen molar-refractivity contribution in [2.24, 2.45) is 4.99 Å². The summed E-state index contributed by atoms with van der Waals surface area (Å²) in [6.07, 6.45) is 1.30. The molecule has 28 heavy (non-hydrogen) atoms. The van der Waals surface area contributed by atoms with E-state index in [0.29, 0.717) is 19.5 Å². The second-order valence-electron chi connectivity index (χ2n) is 7.04. The number of benzene rings is 2. The lowest BCUT2D eigenvalue weighted by molar-refractivity contribution is -0.131. The molecule has 0 fully saturated rings. The summed E-state index contributed by atoms with van der Waals surface area (Å²) in [5.74, 6) is 0.998. The summed E-state index contributed by atoms with van der Waals surface area (Å²) in [5, 5.41) is 4.09. The molecule has 0 bridgehead atoms. The second-order valence-corrected chi connectivity index (χ2v) is 7.45. The Labute approximate surface area is 172 Å². The van der Waals surface area contributed by atoms with E-state index in [2.05, 4.69) is 22.4 Å². The third-order valence-corrected chi connectivity index (χ3v) is 5.35. The van der Waals surface area contributed by atoms with Crippen LogP contribution in [0.25, 0.3) is 0 Å². The number of carbonyl (C=O) groups is 1. The molecule has 1 N–H and O–H groups in total. The first-order valence-corrected chi connectivity index (χ1v) is 9.96. The van der Waals surface area contributed by atoms with Gasteiger partial charge >= 0.3 is 0 Å². The van der Waals surface area contributed by atoms with Gasteiger partial charge in [0.05, 0.1) is 0 Å². The summed E-state index contributed by atoms with van der Waals surface area (Å²) in [6.45, 7) is 2.83. The molecule has 1 heterocycles. The van der Waals surface area contributed by atoms with E-state index in [1.165, 1.54) is 11.1 Å². The molecule has 5 nitrogen and oxygen atoms in total. The summed E-state index contributed by atoms with van der Waals surface area (Å²) in [4.78, 5) is 20.8. The fraction of sp³-hybridized carbons (Fsp3) is 0.364. The number of halogens is 1. The Hall–Kier alpha value is -2.53. The van der Waals surface area contributed by atoms with Crippen LogP contribution in [0.1, 0.15) is 29.5 Å². The molecular weight excluding hydrogens is 372 g/mol. The van der Waals surface area contributed by atoms with Crippen molar-refractivity contribution >= 4 is 23.5 Å². The van der Waals surface area contributed by atoms with Crippen LogP contribution in [-0.4, -0.2) is 42.3 Å². The van der Waals surface area contributed by atoms with Gasteiger partial charge < -0.3 is 15.1 Å². The maximum Gasteiger partial charge on any atom is 0.223 e. The summed E-state index contributed by atoms with van der Waals surface area (Å²) in [5.41, 5.74) is 3.57. The highest BCUT2D eigenvalue weighted by Crippen LogP contribution is 2.23. The largest absolute Gasteiger partial charge is 0.356 e. The monoisotopic (exact) mass is 398 g/mol. The van der Waals surface area contributed by atoms with Crippen LogP contribution in [0, 0.1) is 0 Å². The Bertz CT molecular complexity index is 827. The third kappa shape index (κ3) is 5.04. The number of aliphatic imine (C=N–C) groups is 1. The van der Waals surface area contributed by atoms with E-state index < -0.39 is 0 Å². The predicted molar refractivity (Wildman–Crippen MR) is 114 cm³/mol. The number of hydrogen-bond donors (Lipinski definition) is 1. The van der Waals surface area contributed by atoms with Crippen molar-refractivity contribution in [3.8, 4) is 0 Å². The maximum absolute atomic E-state index is 12.5. The van der Waals surface area contributed by atoms with Gasteiger partial charge in [0.15, 0.2) is 5.96 Å². The van der Waals surface area contributed by atoms with Crippen molar-refractivity contribution < 1.29 is 4.79 Å². The minimum Gasteiger partial charge on any atom is -0.356 e. The highest BCUT2D eigenvalue weighted by atomic mass is 35.5. The zero-order chi connectivity index (χ0) is 19.9. The molecule has 0 spiro atoms. The van der Waals surface area contributed by atoms with Crippen molar-refractivity contribution in [2.75, 3.05) is 20.6 Å². The second kappa shape index (κ2) is 9.60. The van der Waals surface area contributed by atoms with Crippen molar-refractivity contribution in [2.45, 2.75) is 32.5 Å². The van der Waals surface area contributed by atoms with E-state index in [-0.39, 0.29) is 5.91 Å². The van der Waals surface area contributed by atoms with Crippen LogP contribution < -0.4 is 5.32 Å². The number of carbonyl (C=O) groups excluding carboxylic acids is 1. The normalized spacial score (nSPS) is 13.4. The molecule has 0 aliphatic carbocycles. The van der Waals surface area contributed by atoms with Gasteiger partial charge in [-0.1, -0.05) is 54.1 Å². The van der Waals surface area contributed by atoms with Crippen molar-refractivity contribution in [3.05, 3.63) is 70.2 Å². The molecular formula is C22H27ClN4O. The number of nitrogens with one attached hydrogen (secondary N) is 1. The zero-order valence-electron chi connectivity index (χ0n) is 16.5. The Morgan fingerprint density at radius 3 is 2.43 bits per heavy atom. The summed E-state index contributed by atoms with van der Waals surface area (Å²) in [6, 6.07) is 16.1. The average molecular weight is 399 g/mol. The lowest BCUT2D eigenvalue weighted by Crippen LogP contribution is -2.39. The van der Waals surface area contributed by atoms with Gasteiger partial charge in [0.1, 0.15) is 0 Å². The van der Waals surface area contributed by atoms with Crippen LogP contribution in [0.2, 0.25) is 5.02 Å². The van der Waals surface area contributed by atoms with E-state index >= 15 is 0 Å². The van der Waals surface area contributed by atoms with E-state index in [9.17, 15) is 4.79 Å². The van der Waals surface area contributed by atoms with E-state index in [0.717, 1.165) is 36.1 Å². The number of amides is 1. The molecule has 0 aromatic heterocycles. The minimum absolute atomic E-state index is 0.206. The summed E-state index contributed by atoms with van der Waals surface area (Å²) >= 11 is 6.24. The van der Waals surface area contributed by atoms with Gasteiger partial charge in [-0.15, -0.1) is 0 Å². The van der Waals surface area contributed by atoms with Crippen LogP contribution in [0.3, 0.4) is 0 Å². The molecule has 2 aromatic carbocycles. The summed E-state index contributed by atoms with van der Waals surface area (Å²) < 4.78 is 0. The van der Waals surface area contributed by atoms with Gasteiger partial charge in [0.2, 0.25) is 5.91 Å². The number of nitrogens with zero attached hydrogens (tertiary/aromatic N) is 3.